The summed E-state index contributed by atoms with van der Waals surface area (Å²) in [6, 6.07) is 9.25. The molecule has 3 heterocycles. The highest BCUT2D eigenvalue weighted by atomic mass is 15.4. The first-order chi connectivity index (χ1) is 11.7. The summed E-state index contributed by atoms with van der Waals surface area (Å²) in [5.41, 5.74) is 3.64. The smallest absolute Gasteiger partial charge is 0.247 e. The summed E-state index contributed by atoms with van der Waals surface area (Å²) < 4.78 is 3.43. The van der Waals surface area contributed by atoms with Gasteiger partial charge in [-0.05, 0) is 18.2 Å². The number of nitrogens with one attached hydrogen (secondary N) is 1. The van der Waals surface area contributed by atoms with Gasteiger partial charge >= 0.3 is 0 Å². The lowest BCUT2D eigenvalue weighted by Gasteiger charge is -2.01. The Morgan fingerprint density at radius 3 is 2.92 bits per heavy atom. The maximum atomic E-state index is 8.98. The normalized spacial score (nSPS) is 10.7. The van der Waals surface area contributed by atoms with Crippen molar-refractivity contribution in [2.75, 3.05) is 5.32 Å². The molecule has 116 valence electrons. The second-order valence-corrected chi connectivity index (χ2v) is 5.22. The minimum atomic E-state index is 0.434. The summed E-state index contributed by atoms with van der Waals surface area (Å²) in [5, 5.41) is 20.7. The van der Waals surface area contributed by atoms with Gasteiger partial charge in [0, 0.05) is 24.5 Å². The monoisotopic (exact) mass is 316 g/mol. The van der Waals surface area contributed by atoms with Crippen LogP contribution in [0.4, 0.5) is 11.6 Å². The third-order valence-corrected chi connectivity index (χ3v) is 3.50. The van der Waals surface area contributed by atoms with Crippen molar-refractivity contribution >= 4 is 17.3 Å². The molecule has 8 heteroatoms. The van der Waals surface area contributed by atoms with E-state index in [2.05, 4.69) is 31.6 Å². The second-order valence-electron chi connectivity index (χ2n) is 5.22. The van der Waals surface area contributed by atoms with Gasteiger partial charge in [-0.2, -0.15) is 15.3 Å². The van der Waals surface area contributed by atoms with Crippen LogP contribution in [0.5, 0.6) is 0 Å². The average Bonchev–Trinajstić information content (AvgIpc) is 3.20. The molecule has 3 aromatic heterocycles. The van der Waals surface area contributed by atoms with E-state index in [9.17, 15) is 0 Å². The van der Waals surface area contributed by atoms with E-state index < -0.39 is 0 Å². The maximum absolute atomic E-state index is 8.98. The quantitative estimate of drug-likeness (QED) is 0.622. The summed E-state index contributed by atoms with van der Waals surface area (Å²) in [7, 11) is 1.85. The van der Waals surface area contributed by atoms with Gasteiger partial charge in [0.2, 0.25) is 5.95 Å². The number of benzene rings is 1. The maximum Gasteiger partial charge on any atom is 0.247 e. The molecule has 4 aromatic rings. The lowest BCUT2D eigenvalue weighted by atomic mass is 10.2. The molecule has 0 bridgehead atoms. The van der Waals surface area contributed by atoms with Crippen LogP contribution in [0.2, 0.25) is 0 Å². The van der Waals surface area contributed by atoms with E-state index in [1.807, 2.05) is 19.3 Å². The fourth-order valence-corrected chi connectivity index (χ4v) is 2.41. The number of aryl methyl sites for hydroxylation is 1. The predicted molar refractivity (Wildman–Crippen MR) is 87.4 cm³/mol. The molecule has 0 saturated carbocycles. The second kappa shape index (κ2) is 5.48. The zero-order valence-electron chi connectivity index (χ0n) is 12.7. The van der Waals surface area contributed by atoms with Gasteiger partial charge in [-0.1, -0.05) is 6.07 Å². The Hall–Kier alpha value is -3.73. The molecule has 1 N–H and O–H groups in total. The van der Waals surface area contributed by atoms with Crippen LogP contribution in [0.1, 0.15) is 5.56 Å². The first-order valence-corrected chi connectivity index (χ1v) is 7.20. The Morgan fingerprint density at radius 1 is 1.21 bits per heavy atom. The number of aromatic nitrogens is 6. The van der Waals surface area contributed by atoms with Crippen LogP contribution >= 0.6 is 0 Å². The third-order valence-electron chi connectivity index (χ3n) is 3.50. The molecule has 0 unspecified atom stereocenters. The zero-order chi connectivity index (χ0) is 16.5. The van der Waals surface area contributed by atoms with Crippen molar-refractivity contribution in [2.24, 2.45) is 7.05 Å². The molecule has 8 nitrogen and oxygen atoms in total. The van der Waals surface area contributed by atoms with Crippen molar-refractivity contribution in [3.8, 4) is 17.3 Å². The van der Waals surface area contributed by atoms with Crippen molar-refractivity contribution < 1.29 is 0 Å². The molecular formula is C16H12N8. The topological polar surface area (TPSA) is 96.7 Å². The summed E-state index contributed by atoms with van der Waals surface area (Å²) in [5.74, 6) is 0.434. The van der Waals surface area contributed by atoms with E-state index in [0.29, 0.717) is 17.2 Å². The van der Waals surface area contributed by atoms with Gasteiger partial charge in [-0.25, -0.2) is 4.52 Å². The Labute approximate surface area is 137 Å². The minimum Gasteiger partial charge on any atom is -0.323 e. The number of anilines is 2. The summed E-state index contributed by atoms with van der Waals surface area (Å²) >= 11 is 0. The average molecular weight is 316 g/mol. The molecule has 0 aliphatic rings. The van der Waals surface area contributed by atoms with Gasteiger partial charge < -0.3 is 5.32 Å². The minimum absolute atomic E-state index is 0.434. The van der Waals surface area contributed by atoms with Gasteiger partial charge in [0.15, 0.2) is 5.65 Å². The fraction of sp³-hybridized carbons (Fsp3) is 0.0625. The van der Waals surface area contributed by atoms with Crippen molar-refractivity contribution in [2.45, 2.75) is 0 Å². The number of hydrogen-bond acceptors (Lipinski definition) is 6. The molecule has 24 heavy (non-hydrogen) atoms. The Balaban J connectivity index is 1.74. The SMILES string of the molecule is Cn1cc(-c2cncc3nc(Nc4cccc(C#N)c4)nn23)cn1. The molecule has 0 fully saturated rings. The zero-order valence-corrected chi connectivity index (χ0v) is 12.7. The van der Waals surface area contributed by atoms with E-state index in [1.54, 1.807) is 46.0 Å². The van der Waals surface area contributed by atoms with Crippen LogP contribution < -0.4 is 5.32 Å². The molecule has 0 aliphatic heterocycles. The summed E-state index contributed by atoms with van der Waals surface area (Å²) in [6.45, 7) is 0. The van der Waals surface area contributed by atoms with E-state index in [1.165, 1.54) is 0 Å². The highest BCUT2D eigenvalue weighted by molar-refractivity contribution is 5.62. The standard InChI is InChI=1S/C16H12N8/c1-23-10-12(7-19-23)14-8-18-9-15-21-16(22-24(14)15)20-13-4-2-3-11(5-13)6-17/h2-5,7-10H,1H3,(H,20,22). The van der Waals surface area contributed by atoms with Gasteiger partial charge in [-0.15, -0.1) is 5.10 Å². The number of nitrogens with zero attached hydrogens (tertiary/aromatic N) is 7. The van der Waals surface area contributed by atoms with Crippen molar-refractivity contribution in [1.29, 1.82) is 5.26 Å². The number of rotatable bonds is 3. The van der Waals surface area contributed by atoms with Crippen LogP contribution in [0.25, 0.3) is 16.9 Å². The van der Waals surface area contributed by atoms with Crippen molar-refractivity contribution in [1.82, 2.24) is 29.4 Å². The van der Waals surface area contributed by atoms with Gasteiger partial charge in [0.05, 0.1) is 35.9 Å². The Bertz CT molecular complexity index is 1070. The third kappa shape index (κ3) is 2.44. The highest BCUT2D eigenvalue weighted by Gasteiger charge is 2.11. The molecule has 0 radical (unpaired) electrons. The molecule has 4 rings (SSSR count). The summed E-state index contributed by atoms with van der Waals surface area (Å²) in [6.07, 6.45) is 7.01. The van der Waals surface area contributed by atoms with Crippen molar-refractivity contribution in [3.63, 3.8) is 0 Å². The van der Waals surface area contributed by atoms with Crippen molar-refractivity contribution in [3.05, 3.63) is 54.6 Å². The van der Waals surface area contributed by atoms with Gasteiger partial charge in [-0.3, -0.25) is 9.67 Å². The van der Waals surface area contributed by atoms with Crippen LogP contribution in [-0.4, -0.2) is 29.4 Å². The Kier molecular flexibility index (Phi) is 3.17. The van der Waals surface area contributed by atoms with Gasteiger partial charge in [0.1, 0.15) is 0 Å². The largest absolute Gasteiger partial charge is 0.323 e. The number of nitriles is 1. The first-order valence-electron chi connectivity index (χ1n) is 7.20. The number of hydrogen-bond donors (Lipinski definition) is 1. The van der Waals surface area contributed by atoms with Crippen LogP contribution in [0.3, 0.4) is 0 Å². The van der Waals surface area contributed by atoms with Crippen LogP contribution in [0.15, 0.2) is 49.1 Å². The number of fused-ring (bicyclic) bond motifs is 1. The summed E-state index contributed by atoms with van der Waals surface area (Å²) in [4.78, 5) is 8.64. The first kappa shape index (κ1) is 13.9. The molecule has 1 aromatic carbocycles. The lowest BCUT2D eigenvalue weighted by molar-refractivity contribution is 0.768. The van der Waals surface area contributed by atoms with Crippen LogP contribution in [-0.2, 0) is 7.05 Å². The van der Waals surface area contributed by atoms with E-state index >= 15 is 0 Å². The van der Waals surface area contributed by atoms with E-state index in [0.717, 1.165) is 16.9 Å². The molecule has 0 aliphatic carbocycles. The fourth-order valence-electron chi connectivity index (χ4n) is 2.41. The lowest BCUT2D eigenvalue weighted by Crippen LogP contribution is -1.96. The molecule has 0 saturated heterocycles. The Morgan fingerprint density at radius 2 is 2.12 bits per heavy atom. The van der Waals surface area contributed by atoms with Gasteiger partial charge in [0.25, 0.3) is 0 Å². The predicted octanol–water partition coefficient (Wildman–Crippen LogP) is 2.14. The molecule has 0 amide bonds. The molecule has 0 spiro atoms. The van der Waals surface area contributed by atoms with E-state index in [4.69, 9.17) is 5.26 Å². The highest BCUT2D eigenvalue weighted by Crippen LogP contribution is 2.20. The molecule has 0 atom stereocenters. The molecular weight excluding hydrogens is 304 g/mol. The van der Waals surface area contributed by atoms with E-state index in [-0.39, 0.29) is 0 Å². The van der Waals surface area contributed by atoms with Crippen LogP contribution in [0, 0.1) is 11.3 Å².